The molecule has 0 atom stereocenters. The van der Waals surface area contributed by atoms with E-state index >= 15 is 0 Å². The number of hydrogen-bond donors (Lipinski definition) is 0. The van der Waals surface area contributed by atoms with Crippen molar-refractivity contribution in [3.05, 3.63) is 76.7 Å². The molecule has 0 N–H and O–H groups in total. The van der Waals surface area contributed by atoms with Gasteiger partial charge < -0.3 is 9.47 Å². The minimum absolute atomic E-state index is 0.0629. The molecule has 0 saturated heterocycles. The van der Waals surface area contributed by atoms with Crippen molar-refractivity contribution in [1.29, 1.82) is 0 Å². The highest BCUT2D eigenvalue weighted by molar-refractivity contribution is 6.36. The van der Waals surface area contributed by atoms with E-state index in [2.05, 4.69) is 0 Å². The van der Waals surface area contributed by atoms with Crippen LogP contribution in [0.1, 0.15) is 0 Å². The molecule has 2 rings (SSSR count). The number of nitro benzene ring substituents is 2. The van der Waals surface area contributed by atoms with Crippen LogP contribution in [0.2, 0.25) is 20.1 Å². The maximum atomic E-state index is 11.9. The summed E-state index contributed by atoms with van der Waals surface area (Å²) in [6.45, 7) is 0. The monoisotopic (exact) mass is 494 g/mol. The van der Waals surface area contributed by atoms with Crippen molar-refractivity contribution in [2.45, 2.75) is 0 Å². The van der Waals surface area contributed by atoms with E-state index in [-0.39, 0.29) is 20.1 Å². The van der Waals surface area contributed by atoms with Crippen LogP contribution in [0.4, 0.5) is 11.4 Å². The van der Waals surface area contributed by atoms with Crippen LogP contribution in [0.25, 0.3) is 0 Å². The Bertz CT molecular complexity index is 1020. The molecule has 0 amide bonds. The van der Waals surface area contributed by atoms with Gasteiger partial charge in [-0.25, -0.2) is 9.59 Å². The SMILES string of the molecule is O=C(C=CC(=O)Oc1c(Cl)cc(Cl)cc1[N+](=O)[O-])Oc1c(Cl)cc(Cl)cc1[N+](=O)[O-]. The van der Waals surface area contributed by atoms with Gasteiger partial charge in [0.2, 0.25) is 11.5 Å². The van der Waals surface area contributed by atoms with Crippen molar-refractivity contribution >= 4 is 69.7 Å². The van der Waals surface area contributed by atoms with Gasteiger partial charge in [-0.1, -0.05) is 46.4 Å². The van der Waals surface area contributed by atoms with E-state index < -0.39 is 44.7 Å². The summed E-state index contributed by atoms with van der Waals surface area (Å²) in [5, 5.41) is 21.3. The van der Waals surface area contributed by atoms with Crippen molar-refractivity contribution in [3.63, 3.8) is 0 Å². The predicted molar refractivity (Wildman–Crippen MR) is 107 cm³/mol. The zero-order valence-corrected chi connectivity index (χ0v) is 17.2. The lowest BCUT2D eigenvalue weighted by Crippen LogP contribution is -2.10. The van der Waals surface area contributed by atoms with Gasteiger partial charge in [-0.3, -0.25) is 20.2 Å². The third-order valence-electron chi connectivity index (χ3n) is 3.13. The molecule has 156 valence electrons. The summed E-state index contributed by atoms with van der Waals surface area (Å²) in [5.74, 6) is -3.64. The molecule has 0 aliphatic heterocycles. The van der Waals surface area contributed by atoms with Gasteiger partial charge >= 0.3 is 23.3 Å². The highest BCUT2D eigenvalue weighted by atomic mass is 35.5. The van der Waals surface area contributed by atoms with Gasteiger partial charge in [-0.05, 0) is 12.1 Å². The summed E-state index contributed by atoms with van der Waals surface area (Å²) in [4.78, 5) is 44.1. The second-order valence-corrected chi connectivity index (χ2v) is 6.85. The zero-order valence-electron chi connectivity index (χ0n) is 14.1. The minimum Gasteiger partial charge on any atom is -0.414 e. The highest BCUT2D eigenvalue weighted by Gasteiger charge is 2.24. The van der Waals surface area contributed by atoms with Crippen LogP contribution in [0.5, 0.6) is 11.5 Å². The molecule has 0 aliphatic rings. The lowest BCUT2D eigenvalue weighted by molar-refractivity contribution is -0.385. The van der Waals surface area contributed by atoms with Crippen molar-refractivity contribution in [3.8, 4) is 11.5 Å². The first-order valence-corrected chi connectivity index (χ1v) is 8.89. The Morgan fingerprint density at radius 1 is 0.733 bits per heavy atom. The van der Waals surface area contributed by atoms with E-state index in [1.54, 1.807) is 0 Å². The van der Waals surface area contributed by atoms with E-state index in [4.69, 9.17) is 55.9 Å². The van der Waals surface area contributed by atoms with E-state index in [0.29, 0.717) is 12.2 Å². The topological polar surface area (TPSA) is 139 Å². The Hall–Kier alpha value is -2.92. The molecule has 0 aliphatic carbocycles. The Morgan fingerprint density at radius 2 is 1.07 bits per heavy atom. The molecule has 30 heavy (non-hydrogen) atoms. The zero-order chi connectivity index (χ0) is 22.6. The molecule has 0 saturated carbocycles. The van der Waals surface area contributed by atoms with E-state index in [0.717, 1.165) is 24.3 Å². The van der Waals surface area contributed by atoms with Crippen LogP contribution in [-0.2, 0) is 9.59 Å². The Morgan fingerprint density at radius 3 is 1.37 bits per heavy atom. The third-order valence-corrected chi connectivity index (χ3v) is 4.13. The lowest BCUT2D eigenvalue weighted by Gasteiger charge is -2.06. The van der Waals surface area contributed by atoms with Crippen molar-refractivity contribution in [2.75, 3.05) is 0 Å². The second-order valence-electron chi connectivity index (χ2n) is 5.16. The number of hydrogen-bond acceptors (Lipinski definition) is 8. The Labute approximate surface area is 186 Å². The standard InChI is InChI=1S/C16H6Cl4N2O8/c17-7-3-9(19)15(11(5-7)21(25)26)29-13(23)1-2-14(24)30-16-10(20)4-8(18)6-12(16)22(27)28/h1-6H. The first-order valence-electron chi connectivity index (χ1n) is 7.38. The lowest BCUT2D eigenvalue weighted by atomic mass is 10.3. The number of halogens is 4. The van der Waals surface area contributed by atoms with Crippen LogP contribution in [-0.4, -0.2) is 21.8 Å². The molecule has 0 unspecified atom stereocenters. The number of benzene rings is 2. The average molecular weight is 496 g/mol. The van der Waals surface area contributed by atoms with Crippen LogP contribution in [0, 0.1) is 20.2 Å². The largest absolute Gasteiger partial charge is 0.414 e. The molecule has 0 aromatic heterocycles. The molecule has 0 fully saturated rings. The second kappa shape index (κ2) is 9.72. The van der Waals surface area contributed by atoms with Gasteiger partial charge in [0.1, 0.15) is 0 Å². The molecule has 2 aromatic rings. The number of nitro groups is 2. The summed E-state index contributed by atoms with van der Waals surface area (Å²) in [6.07, 6.45) is 1.12. The molecular weight excluding hydrogens is 490 g/mol. The smallest absolute Gasteiger partial charge is 0.336 e. The Balaban J connectivity index is 2.19. The molecule has 0 bridgehead atoms. The van der Waals surface area contributed by atoms with Gasteiger partial charge in [0, 0.05) is 34.3 Å². The number of carbonyl (C=O) groups excluding carboxylic acids is 2. The molecule has 14 heteroatoms. The van der Waals surface area contributed by atoms with Gasteiger partial charge in [-0.15, -0.1) is 0 Å². The molecular formula is C16H6Cl4N2O8. The van der Waals surface area contributed by atoms with Crippen LogP contribution in [0.15, 0.2) is 36.4 Å². The van der Waals surface area contributed by atoms with Crippen molar-refractivity contribution < 1.29 is 28.9 Å². The average Bonchev–Trinajstić information content (AvgIpc) is 2.63. The molecule has 0 heterocycles. The van der Waals surface area contributed by atoms with Crippen LogP contribution >= 0.6 is 46.4 Å². The van der Waals surface area contributed by atoms with E-state index in [9.17, 15) is 29.8 Å². The fourth-order valence-corrected chi connectivity index (χ4v) is 3.01. The minimum atomic E-state index is -1.23. The van der Waals surface area contributed by atoms with E-state index in [1.807, 2.05) is 0 Å². The summed E-state index contributed by atoms with van der Waals surface area (Å²) in [6, 6.07) is 4.04. The summed E-state index contributed by atoms with van der Waals surface area (Å²) < 4.78 is 9.55. The Kier molecular flexibility index (Phi) is 7.57. The molecule has 0 radical (unpaired) electrons. The van der Waals surface area contributed by atoms with Gasteiger partial charge in [0.25, 0.3) is 0 Å². The first kappa shape index (κ1) is 23.4. The number of nitrogens with zero attached hydrogens (tertiary/aromatic N) is 2. The van der Waals surface area contributed by atoms with Gasteiger partial charge in [0.15, 0.2) is 0 Å². The first-order chi connectivity index (χ1) is 14.0. The normalized spacial score (nSPS) is 10.7. The molecule has 2 aromatic carbocycles. The fourth-order valence-electron chi connectivity index (χ4n) is 1.97. The third kappa shape index (κ3) is 5.80. The van der Waals surface area contributed by atoms with Gasteiger partial charge in [-0.2, -0.15) is 0 Å². The molecule has 0 spiro atoms. The van der Waals surface area contributed by atoms with Crippen LogP contribution in [0.3, 0.4) is 0 Å². The van der Waals surface area contributed by atoms with Gasteiger partial charge in [0.05, 0.1) is 19.9 Å². The summed E-state index contributed by atoms with van der Waals surface area (Å²) in [5.41, 5.74) is -1.36. The number of esters is 2. The highest BCUT2D eigenvalue weighted by Crippen LogP contribution is 2.39. The van der Waals surface area contributed by atoms with Crippen LogP contribution < -0.4 is 9.47 Å². The quantitative estimate of drug-likeness (QED) is 0.175. The van der Waals surface area contributed by atoms with E-state index in [1.165, 1.54) is 0 Å². The van der Waals surface area contributed by atoms with Crippen molar-refractivity contribution in [1.82, 2.24) is 0 Å². The summed E-state index contributed by atoms with van der Waals surface area (Å²) >= 11 is 22.9. The fraction of sp³-hybridized carbons (Fsp3) is 0. The number of carbonyl (C=O) groups is 2. The van der Waals surface area contributed by atoms with Crippen molar-refractivity contribution in [2.24, 2.45) is 0 Å². The molecule has 10 nitrogen and oxygen atoms in total. The maximum Gasteiger partial charge on any atom is 0.336 e. The number of ether oxygens (including phenoxy) is 2. The summed E-state index contributed by atoms with van der Waals surface area (Å²) in [7, 11) is 0. The maximum absolute atomic E-state index is 11.9. The number of rotatable bonds is 6. The predicted octanol–water partition coefficient (Wildman–Crippen LogP) is 5.18.